The number of ether oxygens (including phenoxy) is 1. The van der Waals surface area contributed by atoms with Crippen molar-refractivity contribution in [2.45, 2.75) is 25.2 Å². The fourth-order valence-electron chi connectivity index (χ4n) is 4.13. The summed E-state index contributed by atoms with van der Waals surface area (Å²) in [5, 5.41) is 18.1. The van der Waals surface area contributed by atoms with Gasteiger partial charge in [0.2, 0.25) is 0 Å². The van der Waals surface area contributed by atoms with Gasteiger partial charge in [0, 0.05) is 39.8 Å². The fourth-order valence-corrected chi connectivity index (χ4v) is 4.13. The molecule has 0 bridgehead atoms. The van der Waals surface area contributed by atoms with Crippen LogP contribution in [0.3, 0.4) is 0 Å². The number of hydrogen-bond donors (Lipinski definition) is 1. The highest BCUT2D eigenvalue weighted by Crippen LogP contribution is 2.24. The lowest BCUT2D eigenvalue weighted by molar-refractivity contribution is -0.385. The van der Waals surface area contributed by atoms with E-state index in [4.69, 9.17) is 4.74 Å². The van der Waals surface area contributed by atoms with Crippen molar-refractivity contribution in [3.8, 4) is 0 Å². The van der Waals surface area contributed by atoms with Gasteiger partial charge in [-0.3, -0.25) is 24.7 Å². The summed E-state index contributed by atoms with van der Waals surface area (Å²) >= 11 is 0. The van der Waals surface area contributed by atoms with Gasteiger partial charge < -0.3 is 15.0 Å². The van der Waals surface area contributed by atoms with Crippen LogP contribution in [0.1, 0.15) is 5.56 Å². The van der Waals surface area contributed by atoms with Gasteiger partial charge in [0.25, 0.3) is 0 Å². The molecule has 2 unspecified atom stereocenters. The summed E-state index contributed by atoms with van der Waals surface area (Å²) in [7, 11) is 1.77. The maximum Gasteiger partial charge on any atom is 0.306 e. The number of guanidine groups is 1. The molecule has 2 aromatic rings. The van der Waals surface area contributed by atoms with E-state index in [0.29, 0.717) is 19.1 Å². The zero-order chi connectivity index (χ0) is 20.9. The summed E-state index contributed by atoms with van der Waals surface area (Å²) in [5.41, 5.74) is 1.31. The second kappa shape index (κ2) is 10.9. The smallest absolute Gasteiger partial charge is 0.306 e. The molecule has 2 atom stereocenters. The number of halogens is 1. The molecule has 31 heavy (non-hydrogen) atoms. The third-order valence-electron chi connectivity index (χ3n) is 5.61. The number of nitro groups is 1. The van der Waals surface area contributed by atoms with Gasteiger partial charge in [-0.15, -0.1) is 24.0 Å². The molecule has 0 aliphatic carbocycles. The van der Waals surface area contributed by atoms with Crippen LogP contribution in [0.15, 0.2) is 47.7 Å². The van der Waals surface area contributed by atoms with E-state index in [1.54, 1.807) is 11.7 Å². The van der Waals surface area contributed by atoms with Crippen LogP contribution in [0.4, 0.5) is 5.69 Å². The molecule has 2 aliphatic heterocycles. The normalized spacial score (nSPS) is 21.5. The van der Waals surface area contributed by atoms with Gasteiger partial charge in [-0.25, -0.2) is 0 Å². The topological polar surface area (TPSA) is 101 Å². The molecule has 0 spiro atoms. The van der Waals surface area contributed by atoms with Crippen LogP contribution in [-0.4, -0.2) is 82.4 Å². The van der Waals surface area contributed by atoms with Gasteiger partial charge in [-0.1, -0.05) is 30.3 Å². The molecule has 168 valence electrons. The van der Waals surface area contributed by atoms with E-state index >= 15 is 0 Å². The Kier molecular flexibility index (Phi) is 8.21. The van der Waals surface area contributed by atoms with Crippen LogP contribution in [0.2, 0.25) is 0 Å². The molecule has 0 saturated carbocycles. The third kappa shape index (κ3) is 5.71. The van der Waals surface area contributed by atoms with Gasteiger partial charge in [0.1, 0.15) is 12.4 Å². The van der Waals surface area contributed by atoms with Gasteiger partial charge in [-0.2, -0.15) is 5.10 Å². The molecule has 10 nitrogen and oxygen atoms in total. The van der Waals surface area contributed by atoms with E-state index < -0.39 is 4.92 Å². The summed E-state index contributed by atoms with van der Waals surface area (Å²) in [5.74, 6) is 0.814. The second-order valence-electron chi connectivity index (χ2n) is 7.53. The number of hydrogen-bond acceptors (Lipinski definition) is 6. The number of morpholine rings is 1. The van der Waals surface area contributed by atoms with Crippen LogP contribution >= 0.6 is 24.0 Å². The zero-order valence-corrected chi connectivity index (χ0v) is 19.8. The maximum atomic E-state index is 10.8. The minimum absolute atomic E-state index is 0. The molecule has 2 fully saturated rings. The number of likely N-dealkylation sites (tertiary alicyclic amines) is 1. The predicted molar refractivity (Wildman–Crippen MR) is 128 cm³/mol. The van der Waals surface area contributed by atoms with E-state index in [-0.39, 0.29) is 35.8 Å². The van der Waals surface area contributed by atoms with Crippen molar-refractivity contribution in [2.24, 2.45) is 4.99 Å². The number of nitrogens with zero attached hydrogens (tertiary/aromatic N) is 6. The average molecular weight is 541 g/mol. The summed E-state index contributed by atoms with van der Waals surface area (Å²) in [6, 6.07) is 10.9. The first-order valence-electron chi connectivity index (χ1n) is 10.2. The van der Waals surface area contributed by atoms with Crippen molar-refractivity contribution >= 4 is 35.6 Å². The lowest BCUT2D eigenvalue weighted by Crippen LogP contribution is -2.50. The van der Waals surface area contributed by atoms with Crippen molar-refractivity contribution in [3.63, 3.8) is 0 Å². The highest BCUT2D eigenvalue weighted by molar-refractivity contribution is 14.0. The van der Waals surface area contributed by atoms with Crippen LogP contribution in [0.5, 0.6) is 0 Å². The summed E-state index contributed by atoms with van der Waals surface area (Å²) in [6.07, 6.45) is 2.86. The SMILES string of the molecule is CN=C(NCCn1cc([N+](=O)[O-])cn1)N1CC2OCCN(Cc3ccccc3)C2C1.I. The van der Waals surface area contributed by atoms with Gasteiger partial charge in [-0.05, 0) is 5.56 Å². The Morgan fingerprint density at radius 2 is 2.16 bits per heavy atom. The molecule has 2 saturated heterocycles. The van der Waals surface area contributed by atoms with Crippen LogP contribution in [0.25, 0.3) is 0 Å². The minimum Gasteiger partial charge on any atom is -0.373 e. The molecular formula is C20H28IN7O3. The highest BCUT2D eigenvalue weighted by Gasteiger charge is 2.41. The zero-order valence-electron chi connectivity index (χ0n) is 17.5. The molecule has 3 heterocycles. The molecule has 0 amide bonds. The number of nitrogens with one attached hydrogen (secondary N) is 1. The first-order chi connectivity index (χ1) is 14.6. The van der Waals surface area contributed by atoms with E-state index in [1.165, 1.54) is 18.0 Å². The van der Waals surface area contributed by atoms with E-state index in [2.05, 4.69) is 49.5 Å². The highest BCUT2D eigenvalue weighted by atomic mass is 127. The van der Waals surface area contributed by atoms with Gasteiger partial charge in [0.15, 0.2) is 5.96 Å². The quantitative estimate of drug-likeness (QED) is 0.195. The molecule has 2 aliphatic rings. The molecule has 1 aromatic carbocycles. The Balaban J connectivity index is 0.00000272. The van der Waals surface area contributed by atoms with Crippen LogP contribution in [-0.2, 0) is 17.8 Å². The summed E-state index contributed by atoms with van der Waals surface area (Å²) in [6.45, 7) is 5.33. The largest absolute Gasteiger partial charge is 0.373 e. The number of aliphatic imine (C=N–C) groups is 1. The monoisotopic (exact) mass is 541 g/mol. The Morgan fingerprint density at radius 1 is 1.35 bits per heavy atom. The van der Waals surface area contributed by atoms with Crippen molar-refractivity contribution in [3.05, 3.63) is 58.4 Å². The van der Waals surface area contributed by atoms with Crippen molar-refractivity contribution < 1.29 is 9.66 Å². The first-order valence-corrected chi connectivity index (χ1v) is 10.2. The van der Waals surface area contributed by atoms with E-state index in [9.17, 15) is 10.1 Å². The Bertz CT molecular complexity index is 892. The lowest BCUT2D eigenvalue weighted by atomic mass is 10.1. The fraction of sp³-hybridized carbons (Fsp3) is 0.500. The molecular weight excluding hydrogens is 513 g/mol. The molecule has 0 radical (unpaired) electrons. The predicted octanol–water partition coefficient (Wildman–Crippen LogP) is 1.57. The maximum absolute atomic E-state index is 10.8. The molecule has 4 rings (SSSR count). The standard InChI is InChI=1S/C20H27N7O3.HI/c1-21-20(22-7-8-26-13-17(11-23-26)27(28)29)25-14-18-19(15-25)30-10-9-24(18)12-16-5-3-2-4-6-16;/h2-6,11,13,18-19H,7-10,12,14-15H2,1H3,(H,21,22);1H. The third-order valence-corrected chi connectivity index (χ3v) is 5.61. The Labute approximate surface area is 198 Å². The van der Waals surface area contributed by atoms with Crippen LogP contribution < -0.4 is 5.32 Å². The first kappa shape index (κ1) is 23.4. The summed E-state index contributed by atoms with van der Waals surface area (Å²) in [4.78, 5) is 19.5. The van der Waals surface area contributed by atoms with E-state index in [0.717, 1.165) is 38.7 Å². The van der Waals surface area contributed by atoms with Crippen LogP contribution in [0, 0.1) is 10.1 Å². The molecule has 1 N–H and O–H groups in total. The van der Waals surface area contributed by atoms with E-state index in [1.807, 2.05) is 6.07 Å². The van der Waals surface area contributed by atoms with Gasteiger partial charge >= 0.3 is 5.69 Å². The Hall–Kier alpha value is -2.25. The number of rotatable bonds is 6. The number of benzene rings is 1. The second-order valence-corrected chi connectivity index (χ2v) is 7.53. The van der Waals surface area contributed by atoms with Gasteiger partial charge in [0.05, 0.1) is 30.2 Å². The van der Waals surface area contributed by atoms with Crippen molar-refractivity contribution in [1.82, 2.24) is 24.9 Å². The lowest BCUT2D eigenvalue weighted by Gasteiger charge is -2.36. The minimum atomic E-state index is -0.441. The number of aromatic nitrogens is 2. The molecule has 1 aromatic heterocycles. The summed E-state index contributed by atoms with van der Waals surface area (Å²) < 4.78 is 7.61. The number of fused-ring (bicyclic) bond motifs is 1. The average Bonchev–Trinajstić information content (AvgIpc) is 3.40. The van der Waals surface area contributed by atoms with Crippen molar-refractivity contribution in [2.75, 3.05) is 39.8 Å². The van der Waals surface area contributed by atoms with Crippen molar-refractivity contribution in [1.29, 1.82) is 0 Å². The Morgan fingerprint density at radius 3 is 2.87 bits per heavy atom. The molecule has 11 heteroatoms.